The van der Waals surface area contributed by atoms with Crippen LogP contribution < -0.4 is 15.2 Å². The lowest BCUT2D eigenvalue weighted by Gasteiger charge is -2.37. The molecule has 1 saturated heterocycles. The molecule has 0 bridgehead atoms. The Morgan fingerprint density at radius 3 is 2.58 bits per heavy atom. The number of rotatable bonds is 7. The summed E-state index contributed by atoms with van der Waals surface area (Å²) in [5.41, 5.74) is 5.78. The highest BCUT2D eigenvalue weighted by atomic mass is 16.5. The predicted molar refractivity (Wildman–Crippen MR) is 93.2 cm³/mol. The molecular weight excluding hydrogens is 340 g/mol. The SMILES string of the molecule is CCOc1cc(C(=O)N2CC(C(N)=O)CCC2C)ccc1OCC(=O)O. The van der Waals surface area contributed by atoms with Gasteiger partial charge in [0.05, 0.1) is 12.5 Å². The molecule has 1 heterocycles. The summed E-state index contributed by atoms with van der Waals surface area (Å²) in [6.45, 7) is 3.83. The fourth-order valence-electron chi connectivity index (χ4n) is 2.96. The van der Waals surface area contributed by atoms with Gasteiger partial charge in [-0.15, -0.1) is 0 Å². The number of hydrogen-bond donors (Lipinski definition) is 2. The van der Waals surface area contributed by atoms with E-state index in [4.69, 9.17) is 20.3 Å². The van der Waals surface area contributed by atoms with Crippen molar-refractivity contribution in [1.29, 1.82) is 0 Å². The molecule has 2 atom stereocenters. The zero-order chi connectivity index (χ0) is 19.3. The summed E-state index contributed by atoms with van der Waals surface area (Å²) in [5.74, 6) is -1.52. The molecule has 2 amide bonds. The number of hydrogen-bond acceptors (Lipinski definition) is 5. The summed E-state index contributed by atoms with van der Waals surface area (Å²) in [6.07, 6.45) is 1.38. The van der Waals surface area contributed by atoms with Crippen LogP contribution in [0.5, 0.6) is 11.5 Å². The van der Waals surface area contributed by atoms with Crippen molar-refractivity contribution in [1.82, 2.24) is 4.90 Å². The van der Waals surface area contributed by atoms with Crippen molar-refractivity contribution in [3.05, 3.63) is 23.8 Å². The van der Waals surface area contributed by atoms with E-state index in [1.54, 1.807) is 17.9 Å². The van der Waals surface area contributed by atoms with Gasteiger partial charge in [0.15, 0.2) is 18.1 Å². The van der Waals surface area contributed by atoms with Crippen molar-refractivity contribution in [2.75, 3.05) is 19.8 Å². The van der Waals surface area contributed by atoms with Gasteiger partial charge >= 0.3 is 5.97 Å². The number of carbonyl (C=O) groups is 3. The van der Waals surface area contributed by atoms with E-state index in [9.17, 15) is 14.4 Å². The number of nitrogens with two attached hydrogens (primary N) is 1. The number of piperidine rings is 1. The normalized spacial score (nSPS) is 19.7. The van der Waals surface area contributed by atoms with Crippen LogP contribution in [0.25, 0.3) is 0 Å². The second-order valence-electron chi connectivity index (χ2n) is 6.26. The first-order valence-electron chi connectivity index (χ1n) is 8.55. The minimum absolute atomic E-state index is 0.00317. The summed E-state index contributed by atoms with van der Waals surface area (Å²) in [6, 6.07) is 4.60. The van der Waals surface area contributed by atoms with E-state index < -0.39 is 18.5 Å². The molecule has 3 N–H and O–H groups in total. The third kappa shape index (κ3) is 4.65. The number of carbonyl (C=O) groups excluding carboxylic acids is 2. The van der Waals surface area contributed by atoms with Crippen LogP contribution in [0.2, 0.25) is 0 Å². The van der Waals surface area contributed by atoms with Crippen LogP contribution in [-0.4, -0.2) is 53.6 Å². The molecule has 1 aliphatic heterocycles. The monoisotopic (exact) mass is 364 g/mol. The molecule has 0 aliphatic carbocycles. The Balaban J connectivity index is 2.23. The molecule has 1 aromatic rings. The highest BCUT2D eigenvalue weighted by molar-refractivity contribution is 5.95. The zero-order valence-corrected chi connectivity index (χ0v) is 14.9. The van der Waals surface area contributed by atoms with Gasteiger partial charge in [-0.1, -0.05) is 0 Å². The Kier molecular flexibility index (Phi) is 6.43. The van der Waals surface area contributed by atoms with Gasteiger partial charge in [-0.3, -0.25) is 9.59 Å². The topological polar surface area (TPSA) is 119 Å². The van der Waals surface area contributed by atoms with Gasteiger partial charge in [0.25, 0.3) is 5.91 Å². The molecule has 26 heavy (non-hydrogen) atoms. The molecule has 8 nitrogen and oxygen atoms in total. The Hall–Kier alpha value is -2.77. The number of carboxylic acid groups (broad SMARTS) is 1. The maximum absolute atomic E-state index is 12.9. The number of benzene rings is 1. The molecule has 0 radical (unpaired) electrons. The van der Waals surface area contributed by atoms with Crippen molar-refractivity contribution in [3.8, 4) is 11.5 Å². The van der Waals surface area contributed by atoms with Crippen molar-refractivity contribution < 1.29 is 29.0 Å². The lowest BCUT2D eigenvalue weighted by Crippen LogP contribution is -2.48. The van der Waals surface area contributed by atoms with Crippen LogP contribution in [-0.2, 0) is 9.59 Å². The molecule has 1 aromatic carbocycles. The largest absolute Gasteiger partial charge is 0.490 e. The quantitative estimate of drug-likeness (QED) is 0.752. The lowest BCUT2D eigenvalue weighted by molar-refractivity contribution is -0.139. The van der Waals surface area contributed by atoms with Crippen LogP contribution in [0.1, 0.15) is 37.0 Å². The average Bonchev–Trinajstić information content (AvgIpc) is 2.60. The smallest absolute Gasteiger partial charge is 0.341 e. The van der Waals surface area contributed by atoms with Crippen molar-refractivity contribution >= 4 is 17.8 Å². The number of carboxylic acids is 1. The minimum atomic E-state index is -1.10. The van der Waals surface area contributed by atoms with Crippen LogP contribution in [0.3, 0.4) is 0 Å². The van der Waals surface area contributed by atoms with E-state index in [1.165, 1.54) is 12.1 Å². The molecule has 0 spiro atoms. The Bertz CT molecular complexity index is 690. The Morgan fingerprint density at radius 1 is 1.23 bits per heavy atom. The fraction of sp³-hybridized carbons (Fsp3) is 0.500. The van der Waals surface area contributed by atoms with Crippen molar-refractivity contribution in [3.63, 3.8) is 0 Å². The third-order valence-electron chi connectivity index (χ3n) is 4.39. The summed E-state index contributed by atoms with van der Waals surface area (Å²) in [7, 11) is 0. The highest BCUT2D eigenvalue weighted by Gasteiger charge is 2.32. The third-order valence-corrected chi connectivity index (χ3v) is 4.39. The summed E-state index contributed by atoms with van der Waals surface area (Å²) >= 11 is 0. The van der Waals surface area contributed by atoms with E-state index in [0.29, 0.717) is 30.8 Å². The molecule has 8 heteroatoms. The van der Waals surface area contributed by atoms with E-state index in [-0.39, 0.29) is 30.2 Å². The first-order chi connectivity index (χ1) is 12.3. The number of amides is 2. The maximum atomic E-state index is 12.9. The molecule has 0 saturated carbocycles. The minimum Gasteiger partial charge on any atom is -0.490 e. The van der Waals surface area contributed by atoms with Gasteiger partial charge in [0, 0.05) is 18.2 Å². The van der Waals surface area contributed by atoms with Crippen LogP contribution in [0, 0.1) is 5.92 Å². The molecule has 1 fully saturated rings. The van der Waals surface area contributed by atoms with Gasteiger partial charge in [-0.05, 0) is 44.9 Å². The Labute approximate surface area is 151 Å². The molecular formula is C18H24N2O6. The van der Waals surface area contributed by atoms with E-state index in [2.05, 4.69) is 0 Å². The second kappa shape index (κ2) is 8.55. The average molecular weight is 364 g/mol. The Morgan fingerprint density at radius 2 is 1.96 bits per heavy atom. The first kappa shape index (κ1) is 19.6. The number of likely N-dealkylation sites (tertiary alicyclic amines) is 1. The fourth-order valence-corrected chi connectivity index (χ4v) is 2.96. The maximum Gasteiger partial charge on any atom is 0.341 e. The summed E-state index contributed by atoms with van der Waals surface area (Å²) < 4.78 is 10.7. The van der Waals surface area contributed by atoms with Gasteiger partial charge in [-0.25, -0.2) is 4.79 Å². The summed E-state index contributed by atoms with van der Waals surface area (Å²) in [4.78, 5) is 36.7. The van der Waals surface area contributed by atoms with Crippen LogP contribution >= 0.6 is 0 Å². The molecule has 1 aliphatic rings. The highest BCUT2D eigenvalue weighted by Crippen LogP contribution is 2.30. The van der Waals surface area contributed by atoms with Gasteiger partial charge < -0.3 is 25.2 Å². The summed E-state index contributed by atoms with van der Waals surface area (Å²) in [5, 5.41) is 8.74. The number of aliphatic carboxylic acids is 1. The predicted octanol–water partition coefficient (Wildman–Crippen LogP) is 1.27. The second-order valence-corrected chi connectivity index (χ2v) is 6.26. The molecule has 2 rings (SSSR count). The number of nitrogens with zero attached hydrogens (tertiary/aromatic N) is 1. The first-order valence-corrected chi connectivity index (χ1v) is 8.55. The number of ether oxygens (including phenoxy) is 2. The van der Waals surface area contributed by atoms with Crippen molar-refractivity contribution in [2.24, 2.45) is 11.7 Å². The van der Waals surface area contributed by atoms with E-state index >= 15 is 0 Å². The van der Waals surface area contributed by atoms with Crippen LogP contribution in [0.4, 0.5) is 0 Å². The molecule has 0 aromatic heterocycles. The van der Waals surface area contributed by atoms with Gasteiger partial charge in [-0.2, -0.15) is 0 Å². The van der Waals surface area contributed by atoms with Crippen LogP contribution in [0.15, 0.2) is 18.2 Å². The van der Waals surface area contributed by atoms with Crippen molar-refractivity contribution in [2.45, 2.75) is 32.7 Å². The number of primary amides is 1. The van der Waals surface area contributed by atoms with Gasteiger partial charge in [0.2, 0.25) is 5.91 Å². The zero-order valence-electron chi connectivity index (χ0n) is 14.9. The lowest BCUT2D eigenvalue weighted by atomic mass is 9.92. The molecule has 2 unspecified atom stereocenters. The van der Waals surface area contributed by atoms with E-state index in [1.807, 2.05) is 6.92 Å². The van der Waals surface area contributed by atoms with E-state index in [0.717, 1.165) is 0 Å². The van der Waals surface area contributed by atoms with Gasteiger partial charge in [0.1, 0.15) is 0 Å². The molecule has 142 valence electrons. The standard InChI is InChI=1S/C18H24N2O6/c1-3-25-15-8-12(6-7-14(15)26-10-16(21)22)18(24)20-9-13(17(19)23)5-4-11(20)2/h6-8,11,13H,3-5,9-10H2,1-2H3,(H2,19,23)(H,21,22).